The maximum absolute atomic E-state index is 4.53. The summed E-state index contributed by atoms with van der Waals surface area (Å²) < 4.78 is 0. The summed E-state index contributed by atoms with van der Waals surface area (Å²) in [5.41, 5.74) is 2.30. The zero-order chi connectivity index (χ0) is 11.1. The average Bonchev–Trinajstić information content (AvgIpc) is 2.10. The molecule has 0 fully saturated rings. The number of rotatable bonds is 6. The number of aliphatic imine (C=N–C) groups is 1. The lowest BCUT2D eigenvalue weighted by Gasteiger charge is -2.09. The normalized spacial score (nSPS) is 12.6. The van der Waals surface area contributed by atoms with Crippen molar-refractivity contribution < 1.29 is 0 Å². The molecule has 82 valence electrons. The van der Waals surface area contributed by atoms with Crippen LogP contribution in [0.25, 0.3) is 0 Å². The number of allylic oxidation sites excluding steroid dienone is 1. The van der Waals surface area contributed by atoms with Crippen LogP contribution in [0.2, 0.25) is 0 Å². The van der Waals surface area contributed by atoms with Crippen LogP contribution in [0.1, 0.15) is 47.5 Å². The minimum atomic E-state index is 0.517. The smallest absolute Gasteiger partial charge is 0.0392 e. The third kappa shape index (κ3) is 5.95. The van der Waals surface area contributed by atoms with Gasteiger partial charge in [0.2, 0.25) is 0 Å². The molecule has 0 radical (unpaired) electrons. The van der Waals surface area contributed by atoms with E-state index in [1.165, 1.54) is 18.4 Å². The average molecular weight is 195 g/mol. The highest BCUT2D eigenvalue weighted by molar-refractivity contribution is 5.97. The molecule has 0 saturated heterocycles. The fraction of sp³-hybridized carbons (Fsp3) is 0.769. The van der Waals surface area contributed by atoms with Crippen LogP contribution in [-0.4, -0.2) is 12.3 Å². The summed E-state index contributed by atoms with van der Waals surface area (Å²) in [6, 6.07) is 0. The molecule has 0 rings (SSSR count). The molecule has 0 aliphatic heterocycles. The van der Waals surface area contributed by atoms with Crippen LogP contribution in [0.4, 0.5) is 0 Å². The Labute approximate surface area is 89.3 Å². The first kappa shape index (κ1) is 13.4. The fourth-order valence-corrected chi connectivity index (χ4v) is 1.27. The van der Waals surface area contributed by atoms with Gasteiger partial charge in [0.1, 0.15) is 0 Å². The molecule has 0 amide bonds. The lowest BCUT2D eigenvalue weighted by atomic mass is 10.0. The summed E-state index contributed by atoms with van der Waals surface area (Å²) in [5, 5.41) is 0. The third-order valence-corrected chi connectivity index (χ3v) is 2.45. The minimum absolute atomic E-state index is 0.517. The van der Waals surface area contributed by atoms with E-state index in [2.05, 4.69) is 46.2 Å². The molecule has 1 nitrogen and oxygen atoms in total. The van der Waals surface area contributed by atoms with Gasteiger partial charge in [0.15, 0.2) is 0 Å². The van der Waals surface area contributed by atoms with Crippen molar-refractivity contribution in [3.05, 3.63) is 12.2 Å². The summed E-state index contributed by atoms with van der Waals surface area (Å²) >= 11 is 0. The molecule has 0 aromatic carbocycles. The van der Waals surface area contributed by atoms with Crippen molar-refractivity contribution in [1.82, 2.24) is 0 Å². The van der Waals surface area contributed by atoms with Gasteiger partial charge in [-0.05, 0) is 37.2 Å². The highest BCUT2D eigenvalue weighted by Crippen LogP contribution is 2.09. The van der Waals surface area contributed by atoms with E-state index >= 15 is 0 Å². The first-order chi connectivity index (χ1) is 6.45. The summed E-state index contributed by atoms with van der Waals surface area (Å²) in [7, 11) is 0. The van der Waals surface area contributed by atoms with Gasteiger partial charge < -0.3 is 0 Å². The molecule has 0 aliphatic rings. The van der Waals surface area contributed by atoms with Crippen LogP contribution >= 0.6 is 0 Å². The Kier molecular flexibility index (Phi) is 6.52. The van der Waals surface area contributed by atoms with Crippen molar-refractivity contribution in [3.8, 4) is 0 Å². The molecule has 0 aliphatic carbocycles. The van der Waals surface area contributed by atoms with Gasteiger partial charge in [-0.15, -0.1) is 0 Å². The van der Waals surface area contributed by atoms with E-state index in [1.807, 2.05) is 0 Å². The second kappa shape index (κ2) is 6.80. The van der Waals surface area contributed by atoms with Crippen LogP contribution in [0.5, 0.6) is 0 Å². The Morgan fingerprint density at radius 1 is 1.21 bits per heavy atom. The number of hydrogen-bond donors (Lipinski definition) is 0. The summed E-state index contributed by atoms with van der Waals surface area (Å²) in [6.07, 6.45) is 2.46. The van der Waals surface area contributed by atoms with Crippen molar-refractivity contribution in [2.24, 2.45) is 16.8 Å². The van der Waals surface area contributed by atoms with Gasteiger partial charge in [0, 0.05) is 12.3 Å². The Hall–Kier alpha value is -0.590. The molecular weight excluding hydrogens is 170 g/mol. The Morgan fingerprint density at radius 2 is 1.79 bits per heavy atom. The lowest BCUT2D eigenvalue weighted by Crippen LogP contribution is -2.04. The zero-order valence-corrected chi connectivity index (χ0v) is 10.4. The predicted octanol–water partition coefficient (Wildman–Crippen LogP) is 4.10. The van der Waals surface area contributed by atoms with Crippen molar-refractivity contribution in [2.45, 2.75) is 47.5 Å². The molecule has 0 N–H and O–H groups in total. The van der Waals surface area contributed by atoms with E-state index in [4.69, 9.17) is 0 Å². The molecule has 0 bridgehead atoms. The first-order valence-electron chi connectivity index (χ1n) is 5.65. The van der Waals surface area contributed by atoms with E-state index < -0.39 is 0 Å². The standard InChI is InChI=1S/C13H25N/c1-10(2)8-7-9-14-13(6)12(5)11(3)4/h10-11H,5,7-9H2,1-4,6H3. The molecule has 0 unspecified atom stereocenters. The largest absolute Gasteiger partial charge is 0.290 e. The van der Waals surface area contributed by atoms with Gasteiger partial charge in [-0.3, -0.25) is 4.99 Å². The minimum Gasteiger partial charge on any atom is -0.290 e. The molecule has 0 atom stereocenters. The van der Waals surface area contributed by atoms with Crippen molar-refractivity contribution in [2.75, 3.05) is 6.54 Å². The summed E-state index contributed by atoms with van der Waals surface area (Å²) in [6.45, 7) is 15.9. The highest BCUT2D eigenvalue weighted by Gasteiger charge is 2.02. The Morgan fingerprint density at radius 3 is 2.21 bits per heavy atom. The molecular formula is C13H25N. The quantitative estimate of drug-likeness (QED) is 0.447. The number of hydrogen-bond acceptors (Lipinski definition) is 1. The summed E-state index contributed by atoms with van der Waals surface area (Å²) in [4.78, 5) is 4.53. The molecule has 0 aromatic rings. The van der Waals surface area contributed by atoms with Crippen LogP contribution in [0.3, 0.4) is 0 Å². The maximum Gasteiger partial charge on any atom is 0.0392 e. The molecule has 0 spiro atoms. The van der Waals surface area contributed by atoms with E-state index in [0.717, 1.165) is 18.2 Å². The highest BCUT2D eigenvalue weighted by atomic mass is 14.7. The molecule has 0 heterocycles. The van der Waals surface area contributed by atoms with Gasteiger partial charge in [-0.25, -0.2) is 0 Å². The van der Waals surface area contributed by atoms with Gasteiger partial charge >= 0.3 is 0 Å². The number of nitrogens with zero attached hydrogens (tertiary/aromatic N) is 1. The van der Waals surface area contributed by atoms with Crippen molar-refractivity contribution in [1.29, 1.82) is 0 Å². The monoisotopic (exact) mass is 195 g/mol. The molecule has 14 heavy (non-hydrogen) atoms. The zero-order valence-electron chi connectivity index (χ0n) is 10.4. The van der Waals surface area contributed by atoms with Gasteiger partial charge in [0.25, 0.3) is 0 Å². The maximum atomic E-state index is 4.53. The van der Waals surface area contributed by atoms with Crippen LogP contribution in [0, 0.1) is 11.8 Å². The van der Waals surface area contributed by atoms with Gasteiger partial charge in [0.05, 0.1) is 0 Å². The van der Waals surface area contributed by atoms with Crippen LogP contribution < -0.4 is 0 Å². The molecule has 1 heteroatoms. The topological polar surface area (TPSA) is 12.4 Å². The van der Waals surface area contributed by atoms with Crippen molar-refractivity contribution in [3.63, 3.8) is 0 Å². The lowest BCUT2D eigenvalue weighted by molar-refractivity contribution is 0.561. The van der Waals surface area contributed by atoms with Crippen LogP contribution in [0.15, 0.2) is 17.1 Å². The molecule has 0 aromatic heterocycles. The first-order valence-corrected chi connectivity index (χ1v) is 5.65. The van der Waals surface area contributed by atoms with E-state index in [9.17, 15) is 0 Å². The van der Waals surface area contributed by atoms with E-state index in [-0.39, 0.29) is 0 Å². The van der Waals surface area contributed by atoms with Gasteiger partial charge in [-0.2, -0.15) is 0 Å². The Balaban J connectivity index is 3.83. The van der Waals surface area contributed by atoms with Gasteiger partial charge in [-0.1, -0.05) is 34.3 Å². The molecule has 0 saturated carbocycles. The Bertz CT molecular complexity index is 199. The second-order valence-corrected chi connectivity index (χ2v) is 4.68. The third-order valence-electron chi connectivity index (χ3n) is 2.45. The summed E-state index contributed by atoms with van der Waals surface area (Å²) in [5.74, 6) is 1.31. The fourth-order valence-electron chi connectivity index (χ4n) is 1.27. The SMILES string of the molecule is C=C(C(C)=NCCCC(C)C)C(C)C. The van der Waals surface area contributed by atoms with Crippen molar-refractivity contribution >= 4 is 5.71 Å². The predicted molar refractivity (Wildman–Crippen MR) is 66.0 cm³/mol. The second-order valence-electron chi connectivity index (χ2n) is 4.68. The van der Waals surface area contributed by atoms with E-state index in [1.54, 1.807) is 0 Å². The van der Waals surface area contributed by atoms with E-state index in [0.29, 0.717) is 5.92 Å². The van der Waals surface area contributed by atoms with Crippen LogP contribution in [-0.2, 0) is 0 Å².